The Bertz CT molecular complexity index is 692. The Labute approximate surface area is 150 Å². The minimum absolute atomic E-state index is 0.143. The molecule has 25 heavy (non-hydrogen) atoms. The van der Waals surface area contributed by atoms with E-state index in [-0.39, 0.29) is 18.0 Å². The van der Waals surface area contributed by atoms with E-state index in [0.717, 1.165) is 36.0 Å². The van der Waals surface area contributed by atoms with Gasteiger partial charge in [0.2, 0.25) is 5.91 Å². The molecule has 1 N–H and O–H groups in total. The van der Waals surface area contributed by atoms with Crippen LogP contribution in [0, 0.1) is 0 Å². The Kier molecular flexibility index (Phi) is 4.37. The van der Waals surface area contributed by atoms with Gasteiger partial charge in [0.25, 0.3) is 0 Å². The van der Waals surface area contributed by atoms with Gasteiger partial charge in [-0.15, -0.1) is 0 Å². The highest BCUT2D eigenvalue weighted by Gasteiger charge is 2.46. The van der Waals surface area contributed by atoms with Crippen LogP contribution in [-0.4, -0.2) is 61.9 Å². The summed E-state index contributed by atoms with van der Waals surface area (Å²) in [5, 5.41) is 2.71. The molecule has 2 fully saturated rings. The molecule has 3 aliphatic rings. The minimum atomic E-state index is -0.400. The molecule has 3 aliphatic heterocycles. The molecule has 0 aromatic heterocycles. The number of carbonyl (C=O) groups is 2. The number of benzene rings is 1. The summed E-state index contributed by atoms with van der Waals surface area (Å²) in [4.78, 5) is 27.5. The number of cyclic esters (lactones) is 1. The van der Waals surface area contributed by atoms with Crippen LogP contribution in [0.4, 0.5) is 16.2 Å². The van der Waals surface area contributed by atoms with Crippen LogP contribution < -0.4 is 19.9 Å². The highest BCUT2D eigenvalue weighted by atomic mass is 32.2. The van der Waals surface area contributed by atoms with E-state index in [9.17, 15) is 9.59 Å². The third kappa shape index (κ3) is 3.10. The van der Waals surface area contributed by atoms with E-state index in [1.165, 1.54) is 6.92 Å². The predicted molar refractivity (Wildman–Crippen MR) is 96.7 cm³/mol. The highest BCUT2D eigenvalue weighted by molar-refractivity contribution is 7.99. The average molecular weight is 363 g/mol. The van der Waals surface area contributed by atoms with Crippen molar-refractivity contribution in [1.29, 1.82) is 0 Å². The Morgan fingerprint density at radius 2 is 2.16 bits per heavy atom. The lowest BCUT2D eigenvalue weighted by Gasteiger charge is -2.33. The quantitative estimate of drug-likeness (QED) is 0.877. The zero-order chi connectivity index (χ0) is 17.4. The summed E-state index contributed by atoms with van der Waals surface area (Å²) in [6.07, 6.45) is -0.782. The zero-order valence-corrected chi connectivity index (χ0v) is 14.9. The lowest BCUT2D eigenvalue weighted by molar-refractivity contribution is -0.119. The summed E-state index contributed by atoms with van der Waals surface area (Å²) in [6, 6.07) is 5.76. The molecule has 1 aromatic carbocycles. The highest BCUT2D eigenvalue weighted by Crippen LogP contribution is 2.41. The normalized spacial score (nSPS) is 24.9. The fourth-order valence-corrected chi connectivity index (χ4v) is 4.36. The first-order chi connectivity index (χ1) is 12.1. The number of nitrogens with zero attached hydrogens (tertiary/aromatic N) is 2. The zero-order valence-electron chi connectivity index (χ0n) is 14.1. The molecule has 0 spiro atoms. The SMILES string of the molecule is CC(=O)NC[C@@H]1OC(=O)N2c3ccc(N4CCSCC4)cc3OC[C@@H]12. The molecule has 0 unspecified atom stereocenters. The molecule has 0 radical (unpaired) electrons. The van der Waals surface area contributed by atoms with Crippen LogP contribution in [-0.2, 0) is 9.53 Å². The van der Waals surface area contributed by atoms with Gasteiger partial charge in [0.15, 0.2) is 0 Å². The maximum absolute atomic E-state index is 12.3. The Balaban J connectivity index is 1.55. The summed E-state index contributed by atoms with van der Waals surface area (Å²) in [5.41, 5.74) is 1.86. The van der Waals surface area contributed by atoms with E-state index in [2.05, 4.69) is 10.2 Å². The maximum Gasteiger partial charge on any atom is 0.415 e. The van der Waals surface area contributed by atoms with Gasteiger partial charge >= 0.3 is 6.09 Å². The van der Waals surface area contributed by atoms with Crippen molar-refractivity contribution < 1.29 is 19.1 Å². The lowest BCUT2D eigenvalue weighted by atomic mass is 10.1. The third-order valence-corrected chi connectivity index (χ3v) is 5.69. The Morgan fingerprint density at radius 3 is 2.92 bits per heavy atom. The second-order valence-corrected chi connectivity index (χ2v) is 7.58. The van der Waals surface area contributed by atoms with Crippen LogP contribution in [0.15, 0.2) is 18.2 Å². The van der Waals surface area contributed by atoms with Gasteiger partial charge in [-0.05, 0) is 12.1 Å². The fourth-order valence-electron chi connectivity index (χ4n) is 3.46. The van der Waals surface area contributed by atoms with E-state index in [4.69, 9.17) is 9.47 Å². The number of hydrogen-bond donors (Lipinski definition) is 1. The molecular formula is C17H21N3O4S. The first-order valence-electron chi connectivity index (χ1n) is 8.47. The molecular weight excluding hydrogens is 342 g/mol. The van der Waals surface area contributed by atoms with Crippen molar-refractivity contribution in [2.45, 2.75) is 19.1 Å². The van der Waals surface area contributed by atoms with E-state index in [1.54, 1.807) is 4.90 Å². The molecule has 7 nitrogen and oxygen atoms in total. The third-order valence-electron chi connectivity index (χ3n) is 4.75. The van der Waals surface area contributed by atoms with Gasteiger partial charge in [-0.2, -0.15) is 11.8 Å². The summed E-state index contributed by atoms with van der Waals surface area (Å²) in [5.74, 6) is 2.83. The molecule has 0 bridgehead atoms. The first kappa shape index (κ1) is 16.4. The van der Waals surface area contributed by atoms with Crippen LogP contribution in [0.5, 0.6) is 5.75 Å². The summed E-state index contributed by atoms with van der Waals surface area (Å²) < 4.78 is 11.4. The van der Waals surface area contributed by atoms with Crippen molar-refractivity contribution in [3.63, 3.8) is 0 Å². The lowest BCUT2D eigenvalue weighted by Crippen LogP contribution is -2.47. The second-order valence-electron chi connectivity index (χ2n) is 6.36. The second kappa shape index (κ2) is 6.67. The molecule has 2 atom stereocenters. The number of amides is 2. The van der Waals surface area contributed by atoms with Crippen molar-refractivity contribution in [2.24, 2.45) is 0 Å². The van der Waals surface area contributed by atoms with Crippen LogP contribution in [0.3, 0.4) is 0 Å². The summed E-state index contributed by atoms with van der Waals surface area (Å²) in [7, 11) is 0. The number of fused-ring (bicyclic) bond motifs is 3. The van der Waals surface area contributed by atoms with Crippen molar-refractivity contribution in [2.75, 3.05) is 47.5 Å². The number of thioether (sulfide) groups is 1. The molecule has 2 saturated heterocycles. The molecule has 0 saturated carbocycles. The van der Waals surface area contributed by atoms with E-state index in [1.807, 2.05) is 30.0 Å². The van der Waals surface area contributed by atoms with Gasteiger partial charge in [-0.25, -0.2) is 4.79 Å². The number of anilines is 2. The van der Waals surface area contributed by atoms with E-state index >= 15 is 0 Å². The average Bonchev–Trinajstić information content (AvgIpc) is 2.96. The van der Waals surface area contributed by atoms with Crippen LogP contribution >= 0.6 is 11.8 Å². The van der Waals surface area contributed by atoms with Crippen LogP contribution in [0.1, 0.15) is 6.92 Å². The monoisotopic (exact) mass is 363 g/mol. The maximum atomic E-state index is 12.3. The first-order valence-corrected chi connectivity index (χ1v) is 9.63. The molecule has 8 heteroatoms. The number of carbonyl (C=O) groups excluding carboxylic acids is 2. The number of nitrogens with one attached hydrogen (secondary N) is 1. The summed E-state index contributed by atoms with van der Waals surface area (Å²) in [6.45, 7) is 4.15. The fraction of sp³-hybridized carbons (Fsp3) is 0.529. The van der Waals surface area contributed by atoms with Crippen molar-refractivity contribution in [3.8, 4) is 5.75 Å². The smallest absolute Gasteiger partial charge is 0.415 e. The number of hydrogen-bond acceptors (Lipinski definition) is 6. The molecule has 1 aromatic rings. The molecule has 2 amide bonds. The van der Waals surface area contributed by atoms with Gasteiger partial charge in [0.05, 0.1) is 12.2 Å². The van der Waals surface area contributed by atoms with Gasteiger partial charge in [-0.1, -0.05) is 0 Å². The predicted octanol–water partition coefficient (Wildman–Crippen LogP) is 1.46. The van der Waals surface area contributed by atoms with Crippen molar-refractivity contribution in [3.05, 3.63) is 18.2 Å². The minimum Gasteiger partial charge on any atom is -0.489 e. The van der Waals surface area contributed by atoms with Gasteiger partial charge in [0.1, 0.15) is 24.5 Å². The van der Waals surface area contributed by atoms with Gasteiger partial charge < -0.3 is 19.7 Å². The Hall–Kier alpha value is -2.09. The number of rotatable bonds is 3. The molecule has 3 heterocycles. The van der Waals surface area contributed by atoms with Gasteiger partial charge in [0, 0.05) is 43.3 Å². The van der Waals surface area contributed by atoms with E-state index in [0.29, 0.717) is 18.9 Å². The van der Waals surface area contributed by atoms with Crippen LogP contribution in [0.25, 0.3) is 0 Å². The standard InChI is InChI=1S/C17H21N3O4S/c1-11(21)18-9-16-14-10-23-15-8-12(19-4-6-25-7-5-19)2-3-13(15)20(14)17(22)24-16/h2-3,8,14,16H,4-7,9-10H2,1H3,(H,18,21)/t14-,16-/m0/s1. The molecule has 134 valence electrons. The molecule has 0 aliphatic carbocycles. The van der Waals surface area contributed by atoms with Crippen molar-refractivity contribution >= 4 is 35.1 Å². The van der Waals surface area contributed by atoms with E-state index < -0.39 is 6.10 Å². The molecule has 4 rings (SSSR count). The topological polar surface area (TPSA) is 71.1 Å². The van der Waals surface area contributed by atoms with Crippen LogP contribution in [0.2, 0.25) is 0 Å². The van der Waals surface area contributed by atoms with Gasteiger partial charge in [-0.3, -0.25) is 9.69 Å². The Morgan fingerprint density at radius 1 is 1.36 bits per heavy atom. The number of ether oxygens (including phenoxy) is 2. The van der Waals surface area contributed by atoms with Crippen molar-refractivity contribution in [1.82, 2.24) is 5.32 Å². The summed E-state index contributed by atoms with van der Waals surface area (Å²) >= 11 is 1.97. The largest absolute Gasteiger partial charge is 0.489 e.